The van der Waals surface area contributed by atoms with Crippen LogP contribution in [0.4, 0.5) is 4.39 Å². The van der Waals surface area contributed by atoms with Gasteiger partial charge < -0.3 is 10.1 Å². The van der Waals surface area contributed by atoms with Crippen molar-refractivity contribution in [1.29, 1.82) is 0 Å². The standard InChI is InChI=1S/C15H15Cl2FN2O/c1-9(2)19-7-10-5-13(17)15(20-8-10)21-14-4-3-11(18)6-12(14)16/h3-6,8-9,19H,7H2,1-2H3. The molecule has 0 amide bonds. The summed E-state index contributed by atoms with van der Waals surface area (Å²) in [5, 5.41) is 3.81. The van der Waals surface area contributed by atoms with Crippen molar-refractivity contribution in [2.75, 3.05) is 0 Å². The molecule has 1 N–H and O–H groups in total. The molecule has 21 heavy (non-hydrogen) atoms. The van der Waals surface area contributed by atoms with Gasteiger partial charge in [0.15, 0.2) is 0 Å². The molecule has 0 aliphatic rings. The normalized spacial score (nSPS) is 11.0. The number of halogens is 3. The van der Waals surface area contributed by atoms with E-state index in [1.54, 1.807) is 12.3 Å². The second-order valence-corrected chi connectivity index (χ2v) is 5.66. The summed E-state index contributed by atoms with van der Waals surface area (Å²) in [7, 11) is 0. The van der Waals surface area contributed by atoms with Crippen LogP contribution in [0.5, 0.6) is 11.6 Å². The Hall–Kier alpha value is -1.36. The molecule has 1 heterocycles. The zero-order valence-corrected chi connectivity index (χ0v) is 13.2. The Bertz CT molecular complexity index is 635. The molecule has 0 saturated heterocycles. The Labute approximate surface area is 133 Å². The Morgan fingerprint density at radius 2 is 2.00 bits per heavy atom. The van der Waals surface area contributed by atoms with E-state index in [4.69, 9.17) is 27.9 Å². The number of ether oxygens (including phenoxy) is 1. The summed E-state index contributed by atoms with van der Waals surface area (Å²) in [6, 6.07) is 6.01. The van der Waals surface area contributed by atoms with Gasteiger partial charge in [-0.3, -0.25) is 0 Å². The van der Waals surface area contributed by atoms with E-state index in [-0.39, 0.29) is 10.9 Å². The van der Waals surface area contributed by atoms with Crippen LogP contribution in [-0.4, -0.2) is 11.0 Å². The van der Waals surface area contributed by atoms with Gasteiger partial charge in [-0.25, -0.2) is 9.37 Å². The molecular weight excluding hydrogens is 314 g/mol. The first-order valence-corrected chi connectivity index (χ1v) is 7.22. The first-order chi connectivity index (χ1) is 9.95. The van der Waals surface area contributed by atoms with Crippen LogP contribution in [0.3, 0.4) is 0 Å². The third-order valence-electron chi connectivity index (χ3n) is 2.68. The van der Waals surface area contributed by atoms with Crippen molar-refractivity contribution in [3.05, 3.63) is 51.9 Å². The molecule has 2 rings (SSSR count). The van der Waals surface area contributed by atoms with Gasteiger partial charge in [0, 0.05) is 18.8 Å². The van der Waals surface area contributed by atoms with Gasteiger partial charge in [0.2, 0.25) is 5.88 Å². The number of hydrogen-bond acceptors (Lipinski definition) is 3. The average Bonchev–Trinajstić information content (AvgIpc) is 2.42. The highest BCUT2D eigenvalue weighted by Crippen LogP contribution is 2.32. The molecule has 0 spiro atoms. The third-order valence-corrected chi connectivity index (χ3v) is 3.25. The Balaban J connectivity index is 2.13. The molecule has 6 heteroatoms. The lowest BCUT2D eigenvalue weighted by Crippen LogP contribution is -2.21. The van der Waals surface area contributed by atoms with Crippen LogP contribution < -0.4 is 10.1 Å². The van der Waals surface area contributed by atoms with Crippen molar-refractivity contribution in [2.24, 2.45) is 0 Å². The van der Waals surface area contributed by atoms with Crippen LogP contribution >= 0.6 is 23.2 Å². The van der Waals surface area contributed by atoms with Crippen LogP contribution in [0.25, 0.3) is 0 Å². The predicted molar refractivity (Wildman–Crippen MR) is 82.7 cm³/mol. The van der Waals surface area contributed by atoms with E-state index < -0.39 is 5.82 Å². The SMILES string of the molecule is CC(C)NCc1cnc(Oc2ccc(F)cc2Cl)c(Cl)c1. The van der Waals surface area contributed by atoms with E-state index in [0.717, 1.165) is 5.56 Å². The van der Waals surface area contributed by atoms with E-state index in [9.17, 15) is 4.39 Å². The van der Waals surface area contributed by atoms with E-state index in [0.29, 0.717) is 23.4 Å². The monoisotopic (exact) mass is 328 g/mol. The predicted octanol–water partition coefficient (Wildman–Crippen LogP) is 4.82. The molecule has 2 aromatic rings. The number of nitrogens with one attached hydrogen (secondary N) is 1. The zero-order chi connectivity index (χ0) is 15.4. The van der Waals surface area contributed by atoms with Crippen molar-refractivity contribution in [3.63, 3.8) is 0 Å². The number of rotatable bonds is 5. The van der Waals surface area contributed by atoms with Gasteiger partial charge in [0.25, 0.3) is 0 Å². The van der Waals surface area contributed by atoms with E-state index >= 15 is 0 Å². The summed E-state index contributed by atoms with van der Waals surface area (Å²) in [6.45, 7) is 4.79. The smallest absolute Gasteiger partial charge is 0.238 e. The summed E-state index contributed by atoms with van der Waals surface area (Å²) in [4.78, 5) is 4.17. The maximum atomic E-state index is 13.0. The fraction of sp³-hybridized carbons (Fsp3) is 0.267. The van der Waals surface area contributed by atoms with Crippen molar-refractivity contribution < 1.29 is 9.13 Å². The number of aromatic nitrogens is 1. The fourth-order valence-electron chi connectivity index (χ4n) is 1.62. The van der Waals surface area contributed by atoms with E-state index in [1.165, 1.54) is 18.2 Å². The van der Waals surface area contributed by atoms with Crippen molar-refractivity contribution in [1.82, 2.24) is 10.3 Å². The van der Waals surface area contributed by atoms with Gasteiger partial charge in [0.1, 0.15) is 16.6 Å². The molecule has 1 aromatic heterocycles. The Morgan fingerprint density at radius 1 is 1.24 bits per heavy atom. The summed E-state index contributed by atoms with van der Waals surface area (Å²) >= 11 is 12.0. The number of pyridine rings is 1. The van der Waals surface area contributed by atoms with Crippen molar-refractivity contribution in [3.8, 4) is 11.6 Å². The van der Waals surface area contributed by atoms with Crippen molar-refractivity contribution >= 4 is 23.2 Å². The lowest BCUT2D eigenvalue weighted by atomic mass is 10.2. The van der Waals surface area contributed by atoms with Gasteiger partial charge >= 0.3 is 0 Å². The number of nitrogens with zero attached hydrogens (tertiary/aromatic N) is 1. The highest BCUT2D eigenvalue weighted by atomic mass is 35.5. The van der Waals surface area contributed by atoms with Crippen molar-refractivity contribution in [2.45, 2.75) is 26.4 Å². The van der Waals surface area contributed by atoms with Crippen LogP contribution in [0.2, 0.25) is 10.0 Å². The second-order valence-electron chi connectivity index (χ2n) is 4.84. The maximum absolute atomic E-state index is 13.0. The maximum Gasteiger partial charge on any atom is 0.238 e. The van der Waals surface area contributed by atoms with Crippen LogP contribution in [0, 0.1) is 5.82 Å². The summed E-state index contributed by atoms with van der Waals surface area (Å²) < 4.78 is 18.5. The zero-order valence-electron chi connectivity index (χ0n) is 11.7. The summed E-state index contributed by atoms with van der Waals surface area (Å²) in [5.74, 6) is 0.112. The van der Waals surface area contributed by atoms with Gasteiger partial charge in [-0.15, -0.1) is 0 Å². The molecule has 0 fully saturated rings. The topological polar surface area (TPSA) is 34.2 Å². The molecule has 1 aromatic carbocycles. The largest absolute Gasteiger partial charge is 0.436 e. The fourth-order valence-corrected chi connectivity index (χ4v) is 2.05. The van der Waals surface area contributed by atoms with Gasteiger partial charge in [0.05, 0.1) is 5.02 Å². The average molecular weight is 329 g/mol. The molecular formula is C15H15Cl2FN2O. The second kappa shape index (κ2) is 7.07. The Kier molecular flexibility index (Phi) is 5.39. The van der Waals surface area contributed by atoms with Gasteiger partial charge in [-0.2, -0.15) is 0 Å². The van der Waals surface area contributed by atoms with E-state index in [1.807, 2.05) is 0 Å². The molecule has 0 aliphatic carbocycles. The molecule has 0 unspecified atom stereocenters. The van der Waals surface area contributed by atoms with Crippen LogP contribution in [0.15, 0.2) is 30.5 Å². The summed E-state index contributed by atoms with van der Waals surface area (Å²) in [5.41, 5.74) is 0.950. The molecule has 0 atom stereocenters. The highest BCUT2D eigenvalue weighted by molar-refractivity contribution is 6.32. The lowest BCUT2D eigenvalue weighted by molar-refractivity contribution is 0.461. The van der Waals surface area contributed by atoms with E-state index in [2.05, 4.69) is 24.1 Å². The molecule has 3 nitrogen and oxygen atoms in total. The number of benzene rings is 1. The first-order valence-electron chi connectivity index (χ1n) is 6.46. The molecule has 112 valence electrons. The lowest BCUT2D eigenvalue weighted by Gasteiger charge is -2.11. The molecule has 0 radical (unpaired) electrons. The Morgan fingerprint density at radius 3 is 2.62 bits per heavy atom. The minimum absolute atomic E-state index is 0.165. The molecule has 0 saturated carbocycles. The first kappa shape index (κ1) is 16.0. The molecule has 0 bridgehead atoms. The minimum Gasteiger partial charge on any atom is -0.436 e. The van der Waals surface area contributed by atoms with Crippen LogP contribution in [0.1, 0.15) is 19.4 Å². The van der Waals surface area contributed by atoms with Gasteiger partial charge in [-0.1, -0.05) is 37.0 Å². The quantitative estimate of drug-likeness (QED) is 0.854. The molecule has 0 aliphatic heterocycles. The minimum atomic E-state index is -0.429. The summed E-state index contributed by atoms with van der Waals surface area (Å²) in [6.07, 6.45) is 1.67. The van der Waals surface area contributed by atoms with Gasteiger partial charge in [-0.05, 0) is 29.8 Å². The number of hydrogen-bond donors (Lipinski definition) is 1. The van der Waals surface area contributed by atoms with Crippen LogP contribution in [-0.2, 0) is 6.54 Å². The third kappa shape index (κ3) is 4.56. The highest BCUT2D eigenvalue weighted by Gasteiger charge is 2.10.